The molecule has 0 heterocycles. The number of hydrogen-bond donors (Lipinski definition) is 2. The molecule has 0 saturated heterocycles. The van der Waals surface area contributed by atoms with E-state index in [4.69, 9.17) is 9.47 Å². The molecule has 1 atom stereocenters. The van der Waals surface area contributed by atoms with Gasteiger partial charge < -0.3 is 20.1 Å². The second-order valence-electron chi connectivity index (χ2n) is 6.46. The number of rotatable bonds is 8. The van der Waals surface area contributed by atoms with Gasteiger partial charge in [-0.1, -0.05) is 24.3 Å². The Morgan fingerprint density at radius 3 is 2.03 bits per heavy atom. The van der Waals surface area contributed by atoms with Gasteiger partial charge >= 0.3 is 11.9 Å². The number of esters is 2. The molecule has 8 nitrogen and oxygen atoms in total. The maximum atomic E-state index is 12.1. The summed E-state index contributed by atoms with van der Waals surface area (Å²) in [5.74, 6) is -1.46. The highest BCUT2D eigenvalue weighted by molar-refractivity contribution is 5.93. The Labute approximate surface area is 174 Å². The molecule has 0 fully saturated rings. The SMILES string of the molecule is CCNC(=O)[C@@H](C)NC(=O)COC(=O)c1ccc(-c2ccc(OC(C)=O)cc2)cc1. The van der Waals surface area contributed by atoms with Crippen molar-refractivity contribution in [2.75, 3.05) is 13.2 Å². The van der Waals surface area contributed by atoms with E-state index in [0.717, 1.165) is 11.1 Å². The first-order valence-corrected chi connectivity index (χ1v) is 9.43. The maximum absolute atomic E-state index is 12.1. The van der Waals surface area contributed by atoms with E-state index in [2.05, 4.69) is 10.6 Å². The van der Waals surface area contributed by atoms with Crippen molar-refractivity contribution in [2.45, 2.75) is 26.8 Å². The molecule has 0 aromatic heterocycles. The molecule has 0 unspecified atom stereocenters. The summed E-state index contributed by atoms with van der Waals surface area (Å²) in [6, 6.07) is 12.9. The van der Waals surface area contributed by atoms with Gasteiger partial charge in [0.05, 0.1) is 5.56 Å². The average molecular weight is 412 g/mol. The molecule has 2 N–H and O–H groups in total. The summed E-state index contributed by atoms with van der Waals surface area (Å²) in [7, 11) is 0. The van der Waals surface area contributed by atoms with Gasteiger partial charge in [-0.25, -0.2) is 4.79 Å². The summed E-state index contributed by atoms with van der Waals surface area (Å²) in [6.07, 6.45) is 0. The molecule has 2 amide bonds. The fraction of sp³-hybridized carbons (Fsp3) is 0.273. The second kappa shape index (κ2) is 10.8. The zero-order valence-electron chi connectivity index (χ0n) is 17.1. The molecule has 30 heavy (non-hydrogen) atoms. The van der Waals surface area contributed by atoms with E-state index in [1.807, 2.05) is 0 Å². The Bertz CT molecular complexity index is 906. The number of ether oxygens (including phenoxy) is 2. The zero-order chi connectivity index (χ0) is 22.1. The van der Waals surface area contributed by atoms with E-state index >= 15 is 0 Å². The fourth-order valence-electron chi connectivity index (χ4n) is 2.57. The van der Waals surface area contributed by atoms with Crippen LogP contribution < -0.4 is 15.4 Å². The lowest BCUT2D eigenvalue weighted by Gasteiger charge is -2.13. The van der Waals surface area contributed by atoms with E-state index in [1.165, 1.54) is 6.92 Å². The quantitative estimate of drug-likeness (QED) is 0.507. The van der Waals surface area contributed by atoms with Crippen LogP contribution in [-0.2, 0) is 19.1 Å². The van der Waals surface area contributed by atoms with Crippen molar-refractivity contribution < 1.29 is 28.7 Å². The van der Waals surface area contributed by atoms with Gasteiger partial charge in [-0.15, -0.1) is 0 Å². The number of carbonyl (C=O) groups is 4. The summed E-state index contributed by atoms with van der Waals surface area (Å²) < 4.78 is 9.99. The first kappa shape index (κ1) is 22.6. The monoisotopic (exact) mass is 412 g/mol. The molecule has 2 aromatic rings. The van der Waals surface area contributed by atoms with E-state index in [0.29, 0.717) is 17.9 Å². The van der Waals surface area contributed by atoms with E-state index < -0.39 is 30.5 Å². The van der Waals surface area contributed by atoms with E-state index in [1.54, 1.807) is 62.4 Å². The van der Waals surface area contributed by atoms with Gasteiger partial charge in [0.25, 0.3) is 5.91 Å². The van der Waals surface area contributed by atoms with Gasteiger partial charge in [0.1, 0.15) is 11.8 Å². The molecule has 0 aliphatic heterocycles. The largest absolute Gasteiger partial charge is 0.452 e. The number of carbonyl (C=O) groups excluding carboxylic acids is 4. The summed E-state index contributed by atoms with van der Waals surface area (Å²) in [5, 5.41) is 5.05. The van der Waals surface area contributed by atoms with Crippen LogP contribution in [0.1, 0.15) is 31.1 Å². The van der Waals surface area contributed by atoms with E-state index in [-0.39, 0.29) is 5.91 Å². The van der Waals surface area contributed by atoms with Crippen LogP contribution in [0.5, 0.6) is 5.75 Å². The predicted molar refractivity (Wildman–Crippen MR) is 110 cm³/mol. The van der Waals surface area contributed by atoms with Crippen molar-refractivity contribution in [3.63, 3.8) is 0 Å². The molecule has 0 saturated carbocycles. The molecule has 8 heteroatoms. The lowest BCUT2D eigenvalue weighted by molar-refractivity contribution is -0.131. The van der Waals surface area contributed by atoms with Gasteiger partial charge in [0.2, 0.25) is 5.91 Å². The van der Waals surface area contributed by atoms with Crippen molar-refractivity contribution in [1.82, 2.24) is 10.6 Å². The molecule has 0 aliphatic rings. The highest BCUT2D eigenvalue weighted by Gasteiger charge is 2.16. The fourth-order valence-corrected chi connectivity index (χ4v) is 2.57. The molecule has 2 rings (SSSR count). The van der Waals surface area contributed by atoms with Crippen molar-refractivity contribution in [2.24, 2.45) is 0 Å². The third-order valence-electron chi connectivity index (χ3n) is 4.03. The molecule has 158 valence electrons. The van der Waals surface area contributed by atoms with E-state index in [9.17, 15) is 19.2 Å². The average Bonchev–Trinajstić information content (AvgIpc) is 2.72. The Morgan fingerprint density at radius 2 is 1.50 bits per heavy atom. The topological polar surface area (TPSA) is 111 Å². The van der Waals surface area contributed by atoms with Gasteiger partial charge in [0, 0.05) is 13.5 Å². The van der Waals surface area contributed by atoms with Crippen LogP contribution >= 0.6 is 0 Å². The minimum Gasteiger partial charge on any atom is -0.452 e. The highest BCUT2D eigenvalue weighted by atomic mass is 16.5. The molecule has 2 aromatic carbocycles. The van der Waals surface area contributed by atoms with Crippen LogP contribution in [0.2, 0.25) is 0 Å². The van der Waals surface area contributed by atoms with Crippen LogP contribution in [-0.4, -0.2) is 42.9 Å². The Hall–Kier alpha value is -3.68. The number of benzene rings is 2. The van der Waals surface area contributed by atoms with Gasteiger partial charge in [-0.3, -0.25) is 14.4 Å². The minimum atomic E-state index is -0.720. The molecule has 0 bridgehead atoms. The van der Waals surface area contributed by atoms with Gasteiger partial charge in [0.15, 0.2) is 6.61 Å². The Morgan fingerprint density at radius 1 is 0.933 bits per heavy atom. The lowest BCUT2D eigenvalue weighted by atomic mass is 10.0. The van der Waals surface area contributed by atoms with Crippen LogP contribution in [0.15, 0.2) is 48.5 Å². The standard InChI is InChI=1S/C22H24N2O6/c1-4-23-21(27)14(2)24-20(26)13-29-22(28)18-7-5-16(6-8-18)17-9-11-19(12-10-17)30-15(3)25/h5-12,14H,4,13H2,1-3H3,(H,23,27)(H,24,26)/t14-/m1/s1. The Balaban J connectivity index is 1.89. The molecule has 0 spiro atoms. The number of amides is 2. The maximum Gasteiger partial charge on any atom is 0.338 e. The first-order chi connectivity index (χ1) is 14.3. The number of likely N-dealkylation sites (N-methyl/N-ethyl adjacent to an activating group) is 1. The third-order valence-corrected chi connectivity index (χ3v) is 4.03. The first-order valence-electron chi connectivity index (χ1n) is 9.43. The summed E-state index contributed by atoms with van der Waals surface area (Å²) in [4.78, 5) is 46.5. The van der Waals surface area contributed by atoms with Gasteiger partial charge in [-0.05, 0) is 49.2 Å². The van der Waals surface area contributed by atoms with Crippen LogP contribution in [0, 0.1) is 0 Å². The third kappa shape index (κ3) is 6.73. The molecular formula is C22H24N2O6. The smallest absolute Gasteiger partial charge is 0.338 e. The summed E-state index contributed by atoms with van der Waals surface area (Å²) in [5.41, 5.74) is 2.03. The van der Waals surface area contributed by atoms with Crippen LogP contribution in [0.3, 0.4) is 0 Å². The molecule has 0 radical (unpaired) electrons. The summed E-state index contributed by atoms with van der Waals surface area (Å²) >= 11 is 0. The van der Waals surface area contributed by atoms with Crippen LogP contribution in [0.4, 0.5) is 0 Å². The number of hydrogen-bond acceptors (Lipinski definition) is 6. The second-order valence-corrected chi connectivity index (χ2v) is 6.46. The predicted octanol–water partition coefficient (Wildman–Crippen LogP) is 2.08. The van der Waals surface area contributed by atoms with Crippen molar-refractivity contribution in [1.29, 1.82) is 0 Å². The molecular weight excluding hydrogens is 388 g/mol. The lowest BCUT2D eigenvalue weighted by Crippen LogP contribution is -2.46. The van der Waals surface area contributed by atoms with Crippen LogP contribution in [0.25, 0.3) is 11.1 Å². The molecule has 0 aliphatic carbocycles. The normalized spacial score (nSPS) is 11.2. The van der Waals surface area contributed by atoms with Crippen molar-refractivity contribution in [3.8, 4) is 16.9 Å². The van der Waals surface area contributed by atoms with Crippen molar-refractivity contribution in [3.05, 3.63) is 54.1 Å². The minimum absolute atomic E-state index is 0.292. The Kier molecular flexibility index (Phi) is 8.10. The van der Waals surface area contributed by atoms with Gasteiger partial charge in [-0.2, -0.15) is 0 Å². The zero-order valence-corrected chi connectivity index (χ0v) is 17.1. The van der Waals surface area contributed by atoms with Crippen molar-refractivity contribution >= 4 is 23.8 Å². The summed E-state index contributed by atoms with van der Waals surface area (Å²) in [6.45, 7) is 4.63. The highest BCUT2D eigenvalue weighted by Crippen LogP contribution is 2.23. The number of nitrogens with one attached hydrogen (secondary N) is 2.